The van der Waals surface area contributed by atoms with E-state index in [0.717, 1.165) is 93.9 Å². The van der Waals surface area contributed by atoms with Crippen LogP contribution in [0.2, 0.25) is 0 Å². The molecule has 0 amide bonds. The number of aromatic nitrogens is 3. The lowest BCUT2D eigenvalue weighted by Crippen LogP contribution is -1.99. The van der Waals surface area contributed by atoms with Gasteiger partial charge in [0.1, 0.15) is 16.7 Å². The van der Waals surface area contributed by atoms with Gasteiger partial charge in [0.15, 0.2) is 5.78 Å². The van der Waals surface area contributed by atoms with Gasteiger partial charge in [0.2, 0.25) is 5.71 Å². The number of carbonyl (C=O) groups is 1. The van der Waals surface area contributed by atoms with Gasteiger partial charge in [-0.25, -0.2) is 4.98 Å². The standard InChI is InChI=1S/C65H47N3O4/c1-39-22-28-54-55-18-10-20-58(63(55)71-62(54)32-39)60-30-25-43(37-66-60)50-14-6-8-16-52(50)46-34-45(49-13-5-4-12-42(49)24-27-48(70)33-41(3)69)35-47(36-46)53-17-9-7-15-51(53)44-26-31-61(67-38-44)59-21-11-19-56-57-29-23-40(2)68-65(57)72-64(56)59/h4-23,25-26,28-38,69H,24,27H2,1-3H3/b41-33-/i1D3,2D3. The number of nitrogens with zero attached hydrogens (tertiary/aromatic N) is 3. The third-order valence-electron chi connectivity index (χ3n) is 13.3. The molecule has 7 heteroatoms. The van der Waals surface area contributed by atoms with Crippen molar-refractivity contribution in [3.8, 4) is 78.1 Å². The number of aryl methyl sites for hydroxylation is 3. The molecule has 0 radical (unpaired) electrons. The summed E-state index contributed by atoms with van der Waals surface area (Å²) in [6.45, 7) is -3.14. The average Bonchev–Trinajstić information content (AvgIpc) is 4.08. The maximum absolute atomic E-state index is 12.9. The molecule has 0 atom stereocenters. The predicted octanol–water partition coefficient (Wildman–Crippen LogP) is 16.9. The molecule has 0 spiro atoms. The van der Waals surface area contributed by atoms with E-state index in [0.29, 0.717) is 34.6 Å². The van der Waals surface area contributed by atoms with Crippen LogP contribution in [0.15, 0.2) is 215 Å². The lowest BCUT2D eigenvalue weighted by molar-refractivity contribution is -0.114. The number of hydrogen-bond donors (Lipinski definition) is 1. The molecule has 0 aliphatic rings. The summed E-state index contributed by atoms with van der Waals surface area (Å²) < 4.78 is 60.0. The van der Waals surface area contributed by atoms with Crippen LogP contribution in [-0.4, -0.2) is 25.8 Å². The second-order valence-corrected chi connectivity index (χ2v) is 18.0. The average molecular weight is 940 g/mol. The van der Waals surface area contributed by atoms with Crippen molar-refractivity contribution in [1.29, 1.82) is 0 Å². The van der Waals surface area contributed by atoms with E-state index in [9.17, 15) is 9.90 Å². The number of fused-ring (bicyclic) bond motifs is 6. The molecule has 5 aromatic heterocycles. The van der Waals surface area contributed by atoms with Crippen molar-refractivity contribution >= 4 is 49.8 Å². The van der Waals surface area contributed by atoms with Gasteiger partial charge in [-0.05, 0) is 143 Å². The third kappa shape index (κ3) is 8.20. The van der Waals surface area contributed by atoms with Gasteiger partial charge in [-0.3, -0.25) is 14.8 Å². The largest absolute Gasteiger partial charge is 0.512 e. The van der Waals surface area contributed by atoms with Crippen LogP contribution in [0.25, 0.3) is 122 Å². The fourth-order valence-electron chi connectivity index (χ4n) is 9.96. The molecule has 7 nitrogen and oxygen atoms in total. The Kier molecular flexibility index (Phi) is 9.56. The summed E-state index contributed by atoms with van der Waals surface area (Å²) in [7, 11) is 0. The molecular formula is C65H47N3O4. The molecule has 0 saturated carbocycles. The highest BCUT2D eigenvalue weighted by Crippen LogP contribution is 2.43. The molecule has 0 fully saturated rings. The van der Waals surface area contributed by atoms with E-state index in [1.54, 1.807) is 24.3 Å². The van der Waals surface area contributed by atoms with Crippen LogP contribution < -0.4 is 0 Å². The number of furan rings is 2. The zero-order chi connectivity index (χ0) is 53.9. The maximum Gasteiger partial charge on any atom is 0.227 e. The van der Waals surface area contributed by atoms with Crippen LogP contribution in [-0.2, 0) is 11.2 Å². The fraction of sp³-hybridized carbons (Fsp3) is 0.0769. The van der Waals surface area contributed by atoms with Gasteiger partial charge in [-0.15, -0.1) is 0 Å². The number of pyridine rings is 3. The van der Waals surface area contributed by atoms with Gasteiger partial charge in [0.25, 0.3) is 0 Å². The molecule has 5 heterocycles. The van der Waals surface area contributed by atoms with Crippen LogP contribution in [0.1, 0.15) is 38.4 Å². The van der Waals surface area contributed by atoms with Gasteiger partial charge in [-0.2, -0.15) is 0 Å². The Bertz CT molecular complexity index is 4100. The molecule has 0 aliphatic carbocycles. The summed E-state index contributed by atoms with van der Waals surface area (Å²) in [5, 5.41) is 13.1. The Morgan fingerprint density at radius 1 is 0.528 bits per heavy atom. The number of aliphatic hydroxyl groups is 1. The van der Waals surface area contributed by atoms with E-state index < -0.39 is 13.7 Å². The highest BCUT2D eigenvalue weighted by Gasteiger charge is 2.19. The number of rotatable bonds is 11. The summed E-state index contributed by atoms with van der Waals surface area (Å²) >= 11 is 0. The second-order valence-electron chi connectivity index (χ2n) is 18.0. The van der Waals surface area contributed by atoms with Gasteiger partial charge < -0.3 is 13.9 Å². The molecule has 12 aromatic rings. The van der Waals surface area contributed by atoms with E-state index in [4.69, 9.17) is 27.0 Å². The van der Waals surface area contributed by atoms with Crippen LogP contribution in [0.3, 0.4) is 0 Å². The zero-order valence-corrected chi connectivity index (χ0v) is 39.0. The molecule has 0 saturated heterocycles. The van der Waals surface area contributed by atoms with Gasteiger partial charge in [-0.1, -0.05) is 121 Å². The van der Waals surface area contributed by atoms with Crippen LogP contribution >= 0.6 is 0 Å². The maximum atomic E-state index is 12.9. The van der Waals surface area contributed by atoms with Crippen LogP contribution in [0.5, 0.6) is 0 Å². The summed E-state index contributed by atoms with van der Waals surface area (Å²) in [5.41, 5.74) is 15.5. The Hall–Kier alpha value is -9.20. The Morgan fingerprint density at radius 3 is 1.65 bits per heavy atom. The predicted molar refractivity (Wildman–Crippen MR) is 292 cm³/mol. The van der Waals surface area contributed by atoms with E-state index in [1.807, 2.05) is 109 Å². The number of allylic oxidation sites excluding steroid dienone is 2. The van der Waals surface area contributed by atoms with E-state index in [-0.39, 0.29) is 34.9 Å². The van der Waals surface area contributed by atoms with Crippen LogP contribution in [0, 0.1) is 13.7 Å². The van der Waals surface area contributed by atoms with Crippen LogP contribution in [0.4, 0.5) is 0 Å². The van der Waals surface area contributed by atoms with Crippen molar-refractivity contribution in [3.63, 3.8) is 0 Å². The Morgan fingerprint density at radius 2 is 1.07 bits per heavy atom. The first-order chi connectivity index (χ1) is 37.6. The molecule has 12 rings (SSSR count). The molecule has 72 heavy (non-hydrogen) atoms. The molecule has 7 aromatic carbocycles. The van der Waals surface area contributed by atoms with Gasteiger partial charge >= 0.3 is 0 Å². The minimum absolute atomic E-state index is 0.0250. The number of benzene rings is 7. The molecule has 0 bridgehead atoms. The number of para-hydroxylation sites is 2. The van der Waals surface area contributed by atoms with E-state index in [2.05, 4.69) is 59.6 Å². The smallest absolute Gasteiger partial charge is 0.227 e. The summed E-state index contributed by atoms with van der Waals surface area (Å²) in [6.07, 6.45) is 5.69. The lowest BCUT2D eigenvalue weighted by Gasteiger charge is -2.18. The summed E-state index contributed by atoms with van der Waals surface area (Å²) in [5.74, 6) is -0.181. The monoisotopic (exact) mass is 939 g/mol. The van der Waals surface area contributed by atoms with Gasteiger partial charge in [0.05, 0.1) is 17.1 Å². The molecule has 0 unspecified atom stereocenters. The Labute approximate surface area is 424 Å². The normalized spacial score (nSPS) is 13.4. The number of aliphatic hydroxyl groups excluding tert-OH is 1. The minimum Gasteiger partial charge on any atom is -0.512 e. The van der Waals surface area contributed by atoms with Crippen molar-refractivity contribution in [2.24, 2.45) is 0 Å². The molecule has 346 valence electrons. The lowest BCUT2D eigenvalue weighted by atomic mass is 9.86. The highest BCUT2D eigenvalue weighted by atomic mass is 16.3. The first-order valence-corrected chi connectivity index (χ1v) is 23.7. The number of hydrogen-bond acceptors (Lipinski definition) is 7. The first-order valence-electron chi connectivity index (χ1n) is 26.7. The second kappa shape index (κ2) is 18.3. The highest BCUT2D eigenvalue weighted by molar-refractivity contribution is 6.10. The van der Waals surface area contributed by atoms with Crippen molar-refractivity contribution in [2.75, 3.05) is 0 Å². The van der Waals surface area contributed by atoms with Crippen molar-refractivity contribution < 1.29 is 27.0 Å². The topological polar surface area (TPSA) is 102 Å². The zero-order valence-electron chi connectivity index (χ0n) is 45.0. The van der Waals surface area contributed by atoms with E-state index in [1.165, 1.54) is 19.1 Å². The molecule has 1 N–H and O–H groups in total. The third-order valence-corrected chi connectivity index (χ3v) is 13.3. The van der Waals surface area contributed by atoms with Crippen molar-refractivity contribution in [2.45, 2.75) is 33.5 Å². The fourth-order valence-corrected chi connectivity index (χ4v) is 9.96. The first kappa shape index (κ1) is 37.7. The summed E-state index contributed by atoms with van der Waals surface area (Å²) in [6, 6.07) is 59.2. The van der Waals surface area contributed by atoms with Crippen molar-refractivity contribution in [1.82, 2.24) is 15.0 Å². The quantitative estimate of drug-likeness (QED) is 0.102. The summed E-state index contributed by atoms with van der Waals surface area (Å²) in [4.78, 5) is 27.2. The minimum atomic E-state index is -2.37. The van der Waals surface area contributed by atoms with Crippen molar-refractivity contribution in [3.05, 3.63) is 223 Å². The number of carbonyl (C=O) groups excluding carboxylic acids is 1. The van der Waals surface area contributed by atoms with E-state index >= 15 is 0 Å². The van der Waals surface area contributed by atoms with Gasteiger partial charge in [0, 0.05) is 82.6 Å². The molecule has 0 aliphatic heterocycles. The SMILES string of the molecule is [2H]C([2H])([2H])c1ccc2c(c1)oc1c(-c3ccc(-c4ccccc4-c4cc(-c5ccccc5CCC(=O)/C=C(/C)O)cc(-c5ccccc5-c5ccc(-c6cccc7c6oc6nc(C([2H])([2H])[2H])ccc67)nc5)c4)cn3)cccc12. The molecular weight excluding hydrogens is 887 g/mol. The Balaban J connectivity index is 0.943. The number of ketones is 1.